The lowest BCUT2D eigenvalue weighted by Gasteiger charge is -2.19. The van der Waals surface area contributed by atoms with Crippen LogP contribution in [0.2, 0.25) is 10.0 Å². The number of carbonyl (C=O) groups excluding carboxylic acids is 2. The van der Waals surface area contributed by atoms with Crippen LogP contribution in [0.5, 0.6) is 0 Å². The van der Waals surface area contributed by atoms with Crippen LogP contribution in [0.4, 0.5) is 0 Å². The van der Waals surface area contributed by atoms with E-state index in [0.717, 1.165) is 21.0 Å². The number of hydrogen-bond donors (Lipinski definition) is 1. The zero-order chi connectivity index (χ0) is 24.8. The van der Waals surface area contributed by atoms with Gasteiger partial charge < -0.3 is 10.1 Å². The summed E-state index contributed by atoms with van der Waals surface area (Å²) < 4.78 is 1.90. The minimum absolute atomic E-state index is 0.139. The zero-order valence-electron chi connectivity index (χ0n) is 18.6. The van der Waals surface area contributed by atoms with E-state index in [-0.39, 0.29) is 22.8 Å². The molecule has 178 valence electrons. The first kappa shape index (κ1) is 25.4. The largest absolute Gasteiger partial charge is 0.352 e. The molecule has 0 aliphatic rings. The minimum atomic E-state index is -0.742. The summed E-state index contributed by atoms with van der Waals surface area (Å²) in [7, 11) is 3.33. The minimum Gasteiger partial charge on any atom is -0.352 e. The molecule has 0 aliphatic carbocycles. The second kappa shape index (κ2) is 11.2. The van der Waals surface area contributed by atoms with E-state index in [1.165, 1.54) is 18.2 Å². The van der Waals surface area contributed by atoms with E-state index < -0.39 is 23.2 Å². The Morgan fingerprint density at radius 1 is 1.15 bits per heavy atom. The standard InChI is InChI=1S/C23H23Cl2N5O4/c1-28(2)17(14-31)13-29-21(32)12-27-30(23(29)34)16-7-8-20(25)18(11-16)22(33)26-10-9-15-5-3-4-6-19(15)24/h3-8,11-12,14,17H,9-10,13H2,1-2H3,(H,26,33). The molecule has 0 spiro atoms. The van der Waals surface area contributed by atoms with Gasteiger partial charge in [-0.05, 0) is 50.3 Å². The van der Waals surface area contributed by atoms with Crippen molar-refractivity contribution in [3.8, 4) is 5.69 Å². The second-order valence-electron chi connectivity index (χ2n) is 7.72. The van der Waals surface area contributed by atoms with Gasteiger partial charge in [0.05, 0.1) is 28.9 Å². The van der Waals surface area contributed by atoms with Crippen LogP contribution in [0, 0.1) is 0 Å². The lowest BCUT2D eigenvalue weighted by atomic mass is 10.1. The molecule has 0 fully saturated rings. The summed E-state index contributed by atoms with van der Waals surface area (Å²) in [5.41, 5.74) is -0.0977. The maximum atomic E-state index is 13.0. The Labute approximate surface area is 205 Å². The number of carbonyl (C=O) groups is 2. The van der Waals surface area contributed by atoms with Crippen molar-refractivity contribution in [1.82, 2.24) is 24.6 Å². The number of hydrogen-bond acceptors (Lipinski definition) is 6. The molecule has 1 heterocycles. The van der Waals surface area contributed by atoms with Gasteiger partial charge in [0.2, 0.25) is 0 Å². The average Bonchev–Trinajstić information content (AvgIpc) is 2.80. The first-order valence-corrected chi connectivity index (χ1v) is 11.1. The highest BCUT2D eigenvalue weighted by Gasteiger charge is 2.17. The van der Waals surface area contributed by atoms with Crippen LogP contribution in [0.1, 0.15) is 15.9 Å². The third-order valence-electron chi connectivity index (χ3n) is 5.23. The second-order valence-corrected chi connectivity index (χ2v) is 8.53. The van der Waals surface area contributed by atoms with Crippen LogP contribution in [0.25, 0.3) is 5.69 Å². The van der Waals surface area contributed by atoms with E-state index in [1.807, 2.05) is 18.2 Å². The van der Waals surface area contributed by atoms with E-state index in [4.69, 9.17) is 23.2 Å². The first-order chi connectivity index (χ1) is 16.2. The van der Waals surface area contributed by atoms with Gasteiger partial charge in [0.15, 0.2) is 0 Å². The molecule has 0 bridgehead atoms. The topological polar surface area (TPSA) is 106 Å². The van der Waals surface area contributed by atoms with Crippen LogP contribution in [-0.4, -0.2) is 58.1 Å². The molecule has 1 N–H and O–H groups in total. The predicted molar refractivity (Wildman–Crippen MR) is 130 cm³/mol. The Hall–Kier alpha value is -3.27. The van der Waals surface area contributed by atoms with Gasteiger partial charge in [-0.25, -0.2) is 4.79 Å². The van der Waals surface area contributed by atoms with Crippen molar-refractivity contribution >= 4 is 35.4 Å². The van der Waals surface area contributed by atoms with Gasteiger partial charge in [-0.3, -0.25) is 19.1 Å². The molecule has 1 unspecified atom stereocenters. The molecule has 0 radical (unpaired) electrons. The SMILES string of the molecule is CN(C)C(C=O)Cn1c(=O)cnn(-c2ccc(Cl)c(C(=O)NCCc3ccccc3Cl)c2)c1=O. The van der Waals surface area contributed by atoms with Gasteiger partial charge in [-0.15, -0.1) is 0 Å². The van der Waals surface area contributed by atoms with E-state index in [1.54, 1.807) is 25.1 Å². The molecule has 3 rings (SSSR count). The average molecular weight is 504 g/mol. The number of rotatable bonds is 9. The fraction of sp³-hybridized carbons (Fsp3) is 0.261. The van der Waals surface area contributed by atoms with Crippen molar-refractivity contribution in [2.24, 2.45) is 0 Å². The Bertz CT molecular complexity index is 1320. The normalized spacial score (nSPS) is 11.9. The van der Waals surface area contributed by atoms with Gasteiger partial charge >= 0.3 is 5.69 Å². The van der Waals surface area contributed by atoms with Crippen LogP contribution in [-0.2, 0) is 17.8 Å². The summed E-state index contributed by atoms with van der Waals surface area (Å²) >= 11 is 12.4. The fourth-order valence-electron chi connectivity index (χ4n) is 3.22. The number of nitrogens with one attached hydrogen (secondary N) is 1. The Balaban J connectivity index is 1.85. The highest BCUT2D eigenvalue weighted by atomic mass is 35.5. The monoisotopic (exact) mass is 503 g/mol. The van der Waals surface area contributed by atoms with Crippen molar-refractivity contribution in [3.63, 3.8) is 0 Å². The van der Waals surface area contributed by atoms with Gasteiger partial charge in [0.25, 0.3) is 11.5 Å². The number of nitrogens with zero attached hydrogens (tertiary/aromatic N) is 4. The summed E-state index contributed by atoms with van der Waals surface area (Å²) in [6.45, 7) is 0.184. The number of benzene rings is 2. The summed E-state index contributed by atoms with van der Waals surface area (Å²) in [6, 6.07) is 11.1. The summed E-state index contributed by atoms with van der Waals surface area (Å²) in [5.74, 6) is -0.436. The Kier molecular flexibility index (Phi) is 8.38. The lowest BCUT2D eigenvalue weighted by Crippen LogP contribution is -2.45. The van der Waals surface area contributed by atoms with Crippen molar-refractivity contribution in [2.45, 2.75) is 19.0 Å². The molecule has 34 heavy (non-hydrogen) atoms. The molecule has 1 amide bonds. The smallest absolute Gasteiger partial charge is 0.352 e. The van der Waals surface area contributed by atoms with Gasteiger partial charge in [-0.1, -0.05) is 41.4 Å². The van der Waals surface area contributed by atoms with Crippen molar-refractivity contribution in [1.29, 1.82) is 0 Å². The molecule has 2 aromatic carbocycles. The van der Waals surface area contributed by atoms with Crippen molar-refractivity contribution < 1.29 is 9.59 Å². The predicted octanol–water partition coefficient (Wildman–Crippen LogP) is 1.80. The lowest BCUT2D eigenvalue weighted by molar-refractivity contribution is -0.112. The highest BCUT2D eigenvalue weighted by Crippen LogP contribution is 2.19. The first-order valence-electron chi connectivity index (χ1n) is 10.4. The molecule has 0 saturated carbocycles. The maximum Gasteiger partial charge on any atom is 0.352 e. The molecule has 0 aliphatic heterocycles. The summed E-state index contributed by atoms with van der Waals surface area (Å²) in [6.07, 6.45) is 2.17. The van der Waals surface area contributed by atoms with Crippen LogP contribution < -0.4 is 16.6 Å². The molecule has 1 atom stereocenters. The molecule has 9 nitrogen and oxygen atoms in total. The molecular weight excluding hydrogens is 481 g/mol. The van der Waals surface area contributed by atoms with Crippen LogP contribution in [0.15, 0.2) is 58.3 Å². The van der Waals surface area contributed by atoms with E-state index in [0.29, 0.717) is 24.3 Å². The number of amides is 1. The molecule has 3 aromatic rings. The number of likely N-dealkylation sites (N-methyl/N-ethyl adjacent to an activating group) is 1. The zero-order valence-corrected chi connectivity index (χ0v) is 20.1. The number of aromatic nitrogens is 3. The molecular formula is C23H23Cl2N5O4. The highest BCUT2D eigenvalue weighted by molar-refractivity contribution is 6.34. The third kappa shape index (κ3) is 5.80. The number of aldehydes is 1. The van der Waals surface area contributed by atoms with E-state index >= 15 is 0 Å². The number of halogens is 2. The third-order valence-corrected chi connectivity index (χ3v) is 5.93. The van der Waals surface area contributed by atoms with Gasteiger partial charge in [-0.2, -0.15) is 9.78 Å². The molecule has 0 saturated heterocycles. The quantitative estimate of drug-likeness (QED) is 0.446. The van der Waals surface area contributed by atoms with Gasteiger partial charge in [0.1, 0.15) is 12.5 Å². The van der Waals surface area contributed by atoms with Crippen LogP contribution >= 0.6 is 23.2 Å². The van der Waals surface area contributed by atoms with Crippen molar-refractivity contribution in [3.05, 3.63) is 90.7 Å². The fourth-order valence-corrected chi connectivity index (χ4v) is 3.65. The molecule has 1 aromatic heterocycles. The van der Waals surface area contributed by atoms with Crippen molar-refractivity contribution in [2.75, 3.05) is 20.6 Å². The van der Waals surface area contributed by atoms with Gasteiger partial charge in [0, 0.05) is 11.6 Å². The van der Waals surface area contributed by atoms with Crippen LogP contribution in [0.3, 0.4) is 0 Å². The van der Waals surface area contributed by atoms with E-state index in [2.05, 4.69) is 10.4 Å². The maximum absolute atomic E-state index is 13.0. The Morgan fingerprint density at radius 2 is 1.88 bits per heavy atom. The summed E-state index contributed by atoms with van der Waals surface area (Å²) in [5, 5.41) is 7.50. The summed E-state index contributed by atoms with van der Waals surface area (Å²) in [4.78, 5) is 50.9. The Morgan fingerprint density at radius 3 is 2.56 bits per heavy atom. The van der Waals surface area contributed by atoms with E-state index in [9.17, 15) is 19.2 Å². The molecule has 11 heteroatoms.